The van der Waals surface area contributed by atoms with Gasteiger partial charge in [-0.15, -0.1) is 0 Å². The topological polar surface area (TPSA) is 13.0 Å². The summed E-state index contributed by atoms with van der Waals surface area (Å²) in [4.78, 5) is 0. The zero-order chi connectivity index (χ0) is 20.1. The van der Waals surface area contributed by atoms with E-state index in [4.69, 9.17) is 0 Å². The molecule has 2 aliphatic heterocycles. The van der Waals surface area contributed by atoms with E-state index in [-0.39, 0.29) is 11.1 Å². The molecule has 2 fully saturated rings. The Morgan fingerprint density at radius 1 is 0.808 bits per heavy atom. The summed E-state index contributed by atoms with van der Waals surface area (Å²) in [6, 6.07) is 1.23. The van der Waals surface area contributed by atoms with Crippen molar-refractivity contribution in [3.63, 3.8) is 0 Å². The summed E-state index contributed by atoms with van der Waals surface area (Å²) in [5.74, 6) is 0. The second-order valence-corrected chi connectivity index (χ2v) is 19.2. The third-order valence-corrected chi connectivity index (χ3v) is 21.8. The van der Waals surface area contributed by atoms with Crippen molar-refractivity contribution in [3.8, 4) is 0 Å². The summed E-state index contributed by atoms with van der Waals surface area (Å²) in [6.07, 6.45) is 4.58. The fourth-order valence-corrected chi connectivity index (χ4v) is 22.4. The second-order valence-electron chi connectivity index (χ2n) is 10.7. The van der Waals surface area contributed by atoms with Crippen molar-refractivity contribution in [2.45, 2.75) is 125 Å². The van der Waals surface area contributed by atoms with Crippen molar-refractivity contribution < 1.29 is 0 Å². The van der Waals surface area contributed by atoms with E-state index in [9.17, 15) is 0 Å². The van der Waals surface area contributed by atoms with Crippen LogP contribution in [0.1, 0.15) is 95.4 Å². The van der Waals surface area contributed by atoms with Crippen molar-refractivity contribution in [3.05, 3.63) is 0 Å². The molecule has 0 N–H and O–H groups in total. The van der Waals surface area contributed by atoms with Gasteiger partial charge in [0.25, 0.3) is 0 Å². The Labute approximate surface area is 169 Å². The van der Waals surface area contributed by atoms with E-state index in [0.29, 0.717) is 18.2 Å². The zero-order valence-electron chi connectivity index (χ0n) is 19.5. The predicted octanol–water partition coefficient (Wildman–Crippen LogP) is 4.59. The monoisotopic (exact) mass is 475 g/mol. The number of hydrogen-bond acceptors (Lipinski definition) is 4. The van der Waals surface area contributed by atoms with E-state index in [0.717, 1.165) is 0 Å². The molecule has 1 spiro atoms. The van der Waals surface area contributed by atoms with Gasteiger partial charge in [-0.3, -0.25) is 0 Å². The predicted molar refractivity (Wildman–Crippen MR) is 116 cm³/mol. The van der Waals surface area contributed by atoms with E-state index in [1.165, 1.54) is 32.4 Å². The van der Waals surface area contributed by atoms with Gasteiger partial charge in [-0.25, -0.2) is 0 Å². The Kier molecular flexibility index (Phi) is 6.90. The van der Waals surface area contributed by atoms with Crippen LogP contribution in [0.2, 0.25) is 0 Å². The Balaban J connectivity index is 2.61. The number of rotatable bonds is 5. The number of hydrogen-bond donors (Lipinski definition) is 0. The van der Waals surface area contributed by atoms with Gasteiger partial charge in [0.1, 0.15) is 0 Å². The molecule has 1 radical (unpaired) electrons. The maximum atomic E-state index is 3.03. The van der Waals surface area contributed by atoms with Crippen LogP contribution < -0.4 is 0 Å². The first kappa shape index (κ1) is 22.9. The Morgan fingerprint density at radius 3 is 1.46 bits per heavy atom. The fourth-order valence-electron chi connectivity index (χ4n) is 5.07. The van der Waals surface area contributed by atoms with Crippen molar-refractivity contribution in [1.29, 1.82) is 0 Å². The molecule has 0 aromatic rings. The molecule has 2 rings (SSSR count). The molecule has 0 aromatic heterocycles. The normalized spacial score (nSPS) is 24.3. The average Bonchev–Trinajstić information content (AvgIpc) is 2.84. The molecule has 26 heavy (non-hydrogen) atoms. The molecule has 0 atom stereocenters. The molecule has 155 valence electrons. The first-order chi connectivity index (χ1) is 11.8. The van der Waals surface area contributed by atoms with Gasteiger partial charge in [0.15, 0.2) is 0 Å². The van der Waals surface area contributed by atoms with Crippen LogP contribution in [0.4, 0.5) is 0 Å². The third-order valence-electron chi connectivity index (χ3n) is 5.82. The molecule has 2 saturated heterocycles. The molecule has 0 aromatic carbocycles. The van der Waals surface area contributed by atoms with E-state index < -0.39 is 19.9 Å². The van der Waals surface area contributed by atoms with Crippen LogP contribution in [-0.4, -0.2) is 74.6 Å². The molecule has 5 heteroatoms. The summed E-state index contributed by atoms with van der Waals surface area (Å²) in [6.45, 7) is 29.1. The second kappa shape index (κ2) is 7.82. The molecule has 0 saturated carbocycles. The summed E-state index contributed by atoms with van der Waals surface area (Å²) < 4.78 is 12.0. The van der Waals surface area contributed by atoms with Crippen LogP contribution in [0.5, 0.6) is 0 Å². The number of nitrogens with zero attached hydrogens (tertiary/aromatic N) is 4. The van der Waals surface area contributed by atoms with Crippen LogP contribution >= 0.6 is 0 Å². The van der Waals surface area contributed by atoms with Gasteiger partial charge < -0.3 is 0 Å². The van der Waals surface area contributed by atoms with Crippen LogP contribution in [0.3, 0.4) is 0 Å². The molecule has 0 unspecified atom stereocenters. The van der Waals surface area contributed by atoms with Gasteiger partial charge in [0, 0.05) is 0 Å². The first-order valence-electron chi connectivity index (χ1n) is 10.8. The Bertz CT molecular complexity index is 437. The molecular formula is C21H46N4Sb. The Hall–Kier alpha value is 0.658. The van der Waals surface area contributed by atoms with Crippen LogP contribution in [0.25, 0.3) is 0 Å². The molecular weight excluding hydrogens is 430 g/mol. The van der Waals surface area contributed by atoms with Gasteiger partial charge in [0.05, 0.1) is 0 Å². The minimum absolute atomic E-state index is 0.224. The van der Waals surface area contributed by atoms with Gasteiger partial charge in [-0.2, -0.15) is 0 Å². The van der Waals surface area contributed by atoms with Gasteiger partial charge in [-0.05, 0) is 0 Å². The van der Waals surface area contributed by atoms with Crippen LogP contribution in [0.15, 0.2) is 0 Å². The number of unbranched alkanes of at least 4 members (excludes halogenated alkanes) is 1. The summed E-state index contributed by atoms with van der Waals surface area (Å²) in [5.41, 5.74) is 0.448. The van der Waals surface area contributed by atoms with Crippen molar-refractivity contribution >= 4 is 19.9 Å². The van der Waals surface area contributed by atoms with Gasteiger partial charge in [0.2, 0.25) is 0 Å². The molecule has 2 heterocycles. The van der Waals surface area contributed by atoms with E-state index in [1.807, 2.05) is 0 Å². The first-order valence-corrected chi connectivity index (χ1v) is 15.4. The standard InChI is InChI=1S/C11H24N2.C10H22N2.Sb/c1-6-7-8-11(12-9(2)3)13-10(4)5;1-9(2,3)11-7-8-12-10(4,5)6;/h9-11H,6-8H2,1-5H3;7-8H2,1-6H3;/q2*-2;+4. The van der Waals surface area contributed by atoms with Crippen LogP contribution in [-0.2, 0) is 0 Å². The SMILES string of the molecule is CCCCC1[N](C(C)C)[Sb]2([N]1C(C)C)[N](C(C)(C)C)CC[N]2C(C)(C)C. The molecule has 0 aliphatic carbocycles. The summed E-state index contributed by atoms with van der Waals surface area (Å²) in [7, 11) is 0. The van der Waals surface area contributed by atoms with Gasteiger partial charge >= 0.3 is 170 Å². The molecule has 0 amide bonds. The van der Waals surface area contributed by atoms with Crippen LogP contribution in [0, 0.1) is 0 Å². The van der Waals surface area contributed by atoms with Gasteiger partial charge in [-0.1, -0.05) is 0 Å². The summed E-state index contributed by atoms with van der Waals surface area (Å²) in [5, 5.41) is 0. The zero-order valence-corrected chi connectivity index (χ0v) is 22.1. The van der Waals surface area contributed by atoms with Crippen molar-refractivity contribution in [1.82, 2.24) is 12.2 Å². The Morgan fingerprint density at radius 2 is 1.19 bits per heavy atom. The average molecular weight is 476 g/mol. The molecule has 0 bridgehead atoms. The quantitative estimate of drug-likeness (QED) is 0.539. The minimum atomic E-state index is -2.94. The van der Waals surface area contributed by atoms with E-state index in [1.54, 1.807) is 0 Å². The fraction of sp³-hybridized carbons (Fsp3) is 1.00. The van der Waals surface area contributed by atoms with E-state index >= 15 is 0 Å². The molecule has 4 nitrogen and oxygen atoms in total. The van der Waals surface area contributed by atoms with Crippen molar-refractivity contribution in [2.75, 3.05) is 13.1 Å². The molecule has 2 aliphatic rings. The van der Waals surface area contributed by atoms with Crippen molar-refractivity contribution in [2.24, 2.45) is 0 Å². The maximum absolute atomic E-state index is 3.03. The third kappa shape index (κ3) is 3.63. The van der Waals surface area contributed by atoms with E-state index in [2.05, 4.69) is 88.4 Å². The summed E-state index contributed by atoms with van der Waals surface area (Å²) >= 11 is -2.94.